The van der Waals surface area contributed by atoms with Crippen LogP contribution in [0.25, 0.3) is 0 Å². The van der Waals surface area contributed by atoms with Gasteiger partial charge in [0.1, 0.15) is 0 Å². The molecule has 5 heteroatoms. The topological polar surface area (TPSA) is 21.6 Å². The van der Waals surface area contributed by atoms with Crippen molar-refractivity contribution in [3.8, 4) is 0 Å². The van der Waals surface area contributed by atoms with Gasteiger partial charge in [0.25, 0.3) is 0 Å². The van der Waals surface area contributed by atoms with Crippen LogP contribution < -0.4 is 0 Å². The Morgan fingerprint density at radius 3 is 2.56 bits per heavy atom. The molecule has 0 bridgehead atoms. The fourth-order valence-corrected chi connectivity index (χ4v) is 1.36. The lowest BCUT2D eigenvalue weighted by molar-refractivity contribution is -0.155. The molecule has 0 heterocycles. The average molecular weight is 263 g/mol. The molecule has 0 saturated heterocycles. The Kier molecular flexibility index (Phi) is 8.16. The lowest BCUT2D eigenvalue weighted by atomic mass is 9.96. The Morgan fingerprint density at radius 2 is 2.06 bits per heavy atom. The molecule has 0 aliphatic rings. The van der Waals surface area contributed by atoms with Crippen LogP contribution in [0.1, 0.15) is 33.6 Å². The molecular weight excluding hydrogens is 243 g/mol. The summed E-state index contributed by atoms with van der Waals surface area (Å²) in [6, 6.07) is 0. The van der Waals surface area contributed by atoms with E-state index in [0.717, 1.165) is 24.8 Å². The van der Waals surface area contributed by atoms with E-state index < -0.39 is 12.8 Å². The Labute approximate surface area is 106 Å². The number of aliphatic imine (C=N–C) groups is 1. The summed E-state index contributed by atoms with van der Waals surface area (Å²) in [6.45, 7) is 4.69. The van der Waals surface area contributed by atoms with E-state index in [0.29, 0.717) is 5.92 Å². The molecule has 1 atom stereocenters. The third-order valence-corrected chi connectivity index (χ3v) is 2.39. The Morgan fingerprint density at radius 1 is 1.39 bits per heavy atom. The van der Waals surface area contributed by atoms with Crippen LogP contribution in [0.3, 0.4) is 0 Å². The SMILES string of the molecule is CC=CCC(C)C(=CN=COCC(F)(F)F)CC. The molecule has 0 aromatic carbocycles. The van der Waals surface area contributed by atoms with Crippen molar-refractivity contribution < 1.29 is 17.9 Å². The van der Waals surface area contributed by atoms with E-state index >= 15 is 0 Å². The zero-order valence-corrected chi connectivity index (χ0v) is 11.0. The molecule has 0 saturated carbocycles. The molecule has 0 aromatic rings. The molecule has 0 aromatic heterocycles. The fourth-order valence-electron chi connectivity index (χ4n) is 1.36. The zero-order chi connectivity index (χ0) is 14.0. The van der Waals surface area contributed by atoms with Crippen LogP contribution in [0.2, 0.25) is 0 Å². The minimum absolute atomic E-state index is 0.325. The third-order valence-electron chi connectivity index (χ3n) is 2.39. The van der Waals surface area contributed by atoms with E-state index in [4.69, 9.17) is 0 Å². The average Bonchev–Trinajstić information content (AvgIpc) is 2.29. The van der Waals surface area contributed by atoms with Crippen molar-refractivity contribution in [2.75, 3.05) is 6.61 Å². The van der Waals surface area contributed by atoms with Crippen molar-refractivity contribution in [3.05, 3.63) is 23.9 Å². The molecule has 18 heavy (non-hydrogen) atoms. The van der Waals surface area contributed by atoms with Gasteiger partial charge in [0.05, 0.1) is 0 Å². The highest BCUT2D eigenvalue weighted by Gasteiger charge is 2.27. The quantitative estimate of drug-likeness (QED) is 0.377. The maximum Gasteiger partial charge on any atom is 0.422 e. The largest absolute Gasteiger partial charge is 0.474 e. The number of halogens is 3. The second-order valence-corrected chi connectivity index (χ2v) is 3.94. The van der Waals surface area contributed by atoms with Gasteiger partial charge in [-0.1, -0.05) is 26.0 Å². The van der Waals surface area contributed by atoms with Crippen LogP contribution in [0, 0.1) is 5.92 Å². The summed E-state index contributed by atoms with van der Waals surface area (Å²) in [7, 11) is 0. The molecule has 0 N–H and O–H groups in total. The fraction of sp³-hybridized carbons (Fsp3) is 0.615. The summed E-state index contributed by atoms with van der Waals surface area (Å²) in [5.74, 6) is 0.325. The number of allylic oxidation sites excluding steroid dienone is 3. The molecule has 104 valence electrons. The molecule has 2 nitrogen and oxygen atoms in total. The van der Waals surface area contributed by atoms with E-state index in [2.05, 4.69) is 22.7 Å². The first-order valence-corrected chi connectivity index (χ1v) is 5.90. The summed E-state index contributed by atoms with van der Waals surface area (Å²) in [5.41, 5.74) is 1.08. The monoisotopic (exact) mass is 263 g/mol. The molecule has 0 amide bonds. The van der Waals surface area contributed by atoms with E-state index in [1.807, 2.05) is 19.9 Å². The van der Waals surface area contributed by atoms with Crippen LogP contribution in [-0.2, 0) is 4.74 Å². The maximum absolute atomic E-state index is 11.8. The first-order chi connectivity index (χ1) is 8.40. The number of rotatable bonds is 7. The van der Waals surface area contributed by atoms with Gasteiger partial charge in [-0.15, -0.1) is 0 Å². The van der Waals surface area contributed by atoms with E-state index in [1.165, 1.54) is 0 Å². The molecule has 0 rings (SSSR count). The Bertz CT molecular complexity index is 306. The van der Waals surface area contributed by atoms with Crippen LogP contribution in [0.5, 0.6) is 0 Å². The standard InChI is InChI=1S/C13H20F3NO/c1-4-6-7-11(3)12(5-2)8-17-10-18-9-13(14,15)16/h4,6,8,10-11H,5,7,9H2,1-3H3. The van der Waals surface area contributed by atoms with Crippen molar-refractivity contribution in [1.29, 1.82) is 0 Å². The second-order valence-electron chi connectivity index (χ2n) is 3.94. The maximum atomic E-state index is 11.8. The van der Waals surface area contributed by atoms with Gasteiger partial charge in [-0.2, -0.15) is 13.2 Å². The van der Waals surface area contributed by atoms with Crippen LogP contribution in [-0.4, -0.2) is 19.2 Å². The number of ether oxygens (including phenoxy) is 1. The smallest absolute Gasteiger partial charge is 0.422 e. The van der Waals surface area contributed by atoms with E-state index in [-0.39, 0.29) is 0 Å². The summed E-state index contributed by atoms with van der Waals surface area (Å²) < 4.78 is 39.6. The van der Waals surface area contributed by atoms with Gasteiger partial charge in [0, 0.05) is 6.20 Å². The predicted molar refractivity (Wildman–Crippen MR) is 67.5 cm³/mol. The van der Waals surface area contributed by atoms with Crippen LogP contribution >= 0.6 is 0 Å². The number of alkyl halides is 3. The van der Waals surface area contributed by atoms with Crippen LogP contribution in [0.4, 0.5) is 13.2 Å². The number of hydrogen-bond acceptors (Lipinski definition) is 2. The molecule has 0 radical (unpaired) electrons. The summed E-state index contributed by atoms with van der Waals surface area (Å²) in [5, 5.41) is 0. The number of hydrogen-bond donors (Lipinski definition) is 0. The Balaban J connectivity index is 4.22. The van der Waals surface area contributed by atoms with E-state index in [1.54, 1.807) is 6.20 Å². The van der Waals surface area contributed by atoms with Crippen molar-refractivity contribution in [3.63, 3.8) is 0 Å². The lowest BCUT2D eigenvalue weighted by Gasteiger charge is -2.11. The Hall–Kier alpha value is -1.26. The van der Waals surface area contributed by atoms with Crippen LogP contribution in [0.15, 0.2) is 28.9 Å². The van der Waals surface area contributed by atoms with Crippen molar-refractivity contribution in [2.24, 2.45) is 10.9 Å². The molecule has 0 aliphatic carbocycles. The molecule has 0 fully saturated rings. The van der Waals surface area contributed by atoms with Gasteiger partial charge in [0.2, 0.25) is 0 Å². The summed E-state index contributed by atoms with van der Waals surface area (Å²) in [6.07, 6.45) is 3.83. The summed E-state index contributed by atoms with van der Waals surface area (Å²) >= 11 is 0. The van der Waals surface area contributed by atoms with Crippen molar-refractivity contribution in [2.45, 2.75) is 39.8 Å². The highest BCUT2D eigenvalue weighted by atomic mass is 19.4. The zero-order valence-electron chi connectivity index (χ0n) is 11.0. The number of nitrogens with zero attached hydrogens (tertiary/aromatic N) is 1. The van der Waals surface area contributed by atoms with E-state index in [9.17, 15) is 13.2 Å². The highest BCUT2D eigenvalue weighted by molar-refractivity contribution is 5.47. The summed E-state index contributed by atoms with van der Waals surface area (Å²) in [4.78, 5) is 3.74. The van der Waals surface area contributed by atoms with Gasteiger partial charge in [0.15, 0.2) is 13.0 Å². The molecule has 0 aliphatic heterocycles. The molecule has 0 spiro atoms. The van der Waals surface area contributed by atoms with Crippen molar-refractivity contribution >= 4 is 6.40 Å². The first kappa shape index (κ1) is 16.7. The van der Waals surface area contributed by atoms with Gasteiger partial charge in [-0.05, 0) is 31.3 Å². The minimum Gasteiger partial charge on any atom is -0.474 e. The van der Waals surface area contributed by atoms with Gasteiger partial charge < -0.3 is 4.74 Å². The van der Waals surface area contributed by atoms with Crippen molar-refractivity contribution in [1.82, 2.24) is 0 Å². The lowest BCUT2D eigenvalue weighted by Crippen LogP contribution is -2.16. The van der Waals surface area contributed by atoms with Gasteiger partial charge in [-0.25, -0.2) is 4.99 Å². The minimum atomic E-state index is -4.32. The first-order valence-electron chi connectivity index (χ1n) is 5.90. The predicted octanol–water partition coefficient (Wildman–Crippen LogP) is 4.49. The highest BCUT2D eigenvalue weighted by Crippen LogP contribution is 2.18. The third kappa shape index (κ3) is 8.84. The van der Waals surface area contributed by atoms with Gasteiger partial charge >= 0.3 is 6.18 Å². The van der Waals surface area contributed by atoms with Gasteiger partial charge in [-0.3, -0.25) is 0 Å². The normalized spacial score (nSPS) is 15.6. The molecular formula is C13H20F3NO. The molecule has 1 unspecified atom stereocenters. The second kappa shape index (κ2) is 8.78.